The van der Waals surface area contributed by atoms with Crippen LogP contribution in [0.1, 0.15) is 31.2 Å². The zero-order valence-electron chi connectivity index (χ0n) is 11.3. The van der Waals surface area contributed by atoms with Crippen molar-refractivity contribution in [3.8, 4) is 0 Å². The lowest BCUT2D eigenvalue weighted by atomic mass is 9.83. The molecule has 1 aromatic carbocycles. The van der Waals surface area contributed by atoms with Gasteiger partial charge in [-0.1, -0.05) is 24.1 Å². The van der Waals surface area contributed by atoms with Gasteiger partial charge < -0.3 is 16.3 Å². The highest BCUT2D eigenvalue weighted by Crippen LogP contribution is 2.40. The normalized spacial score (nSPS) is 18.0. The highest BCUT2D eigenvalue weighted by molar-refractivity contribution is 9.10. The van der Waals surface area contributed by atoms with E-state index in [9.17, 15) is 4.79 Å². The van der Waals surface area contributed by atoms with Crippen LogP contribution >= 0.6 is 15.9 Å². The first-order chi connectivity index (χ1) is 9.49. The zero-order chi connectivity index (χ0) is 14.8. The van der Waals surface area contributed by atoms with Crippen molar-refractivity contribution >= 4 is 33.4 Å². The number of benzene rings is 1. The van der Waals surface area contributed by atoms with Gasteiger partial charge in [0.2, 0.25) is 5.91 Å². The molecule has 0 bridgehead atoms. The third-order valence-electron chi connectivity index (χ3n) is 3.86. The molecule has 4 N–H and O–H groups in total. The molecule has 1 aliphatic carbocycles. The summed E-state index contributed by atoms with van der Waals surface area (Å²) in [5, 5.41) is 14.9. The lowest BCUT2D eigenvalue weighted by Gasteiger charge is -2.26. The number of hydrogen-bond acceptors (Lipinski definition) is 3. The smallest absolute Gasteiger partial charge is 0.238 e. The van der Waals surface area contributed by atoms with Crippen molar-refractivity contribution in [2.45, 2.75) is 32.6 Å². The number of carbonyl (C=O) groups excluding carboxylic acids is 1. The van der Waals surface area contributed by atoms with Crippen molar-refractivity contribution in [2.75, 3.05) is 5.32 Å². The summed E-state index contributed by atoms with van der Waals surface area (Å²) in [5.41, 5.74) is 6.62. The number of nitrogens with zero attached hydrogens (tertiary/aromatic N) is 1. The maximum Gasteiger partial charge on any atom is 0.238 e. The number of amidine groups is 1. The number of amides is 1. The standard InChI is InChI=1S/C14H18BrN3O2/c1-9-4-5-10(15)11(8-9)17-13(19)14(12(16)18-20)6-2-3-7-14/h4-5,8,20H,2-3,6-7H2,1H3,(H2,16,18)(H,17,19). The SMILES string of the molecule is Cc1ccc(Br)c(NC(=O)C2(/C(N)=N/O)CCCC2)c1. The molecule has 5 nitrogen and oxygen atoms in total. The maximum absolute atomic E-state index is 12.6. The number of oxime groups is 1. The molecule has 1 saturated carbocycles. The van der Waals surface area contributed by atoms with Crippen LogP contribution in [0.4, 0.5) is 5.69 Å². The summed E-state index contributed by atoms with van der Waals surface area (Å²) >= 11 is 3.41. The fourth-order valence-electron chi connectivity index (χ4n) is 2.65. The average Bonchev–Trinajstić information content (AvgIpc) is 2.92. The first-order valence-electron chi connectivity index (χ1n) is 6.55. The highest BCUT2D eigenvalue weighted by atomic mass is 79.9. The highest BCUT2D eigenvalue weighted by Gasteiger charge is 2.45. The fourth-order valence-corrected chi connectivity index (χ4v) is 3.00. The van der Waals surface area contributed by atoms with Crippen molar-refractivity contribution < 1.29 is 10.0 Å². The molecule has 20 heavy (non-hydrogen) atoms. The Bertz CT molecular complexity index is 551. The largest absolute Gasteiger partial charge is 0.409 e. The van der Waals surface area contributed by atoms with Gasteiger partial charge in [-0.2, -0.15) is 0 Å². The topological polar surface area (TPSA) is 87.7 Å². The number of rotatable bonds is 3. The predicted molar refractivity (Wildman–Crippen MR) is 81.8 cm³/mol. The van der Waals surface area contributed by atoms with Crippen LogP contribution < -0.4 is 11.1 Å². The molecule has 0 spiro atoms. The second-order valence-corrected chi connectivity index (χ2v) is 6.07. The second kappa shape index (κ2) is 5.83. The van der Waals surface area contributed by atoms with Crippen molar-refractivity contribution in [2.24, 2.45) is 16.3 Å². The minimum atomic E-state index is -0.891. The molecular weight excluding hydrogens is 322 g/mol. The van der Waals surface area contributed by atoms with Crippen LogP contribution in [0.2, 0.25) is 0 Å². The third-order valence-corrected chi connectivity index (χ3v) is 4.55. The molecule has 1 amide bonds. The van der Waals surface area contributed by atoms with E-state index in [0.29, 0.717) is 18.5 Å². The molecule has 0 aliphatic heterocycles. The van der Waals surface area contributed by atoms with Crippen LogP contribution in [0, 0.1) is 12.3 Å². The van der Waals surface area contributed by atoms with Crippen LogP contribution in [-0.4, -0.2) is 17.0 Å². The van der Waals surface area contributed by atoms with E-state index in [1.807, 2.05) is 25.1 Å². The van der Waals surface area contributed by atoms with Crippen molar-refractivity contribution in [3.63, 3.8) is 0 Å². The molecule has 1 aliphatic rings. The molecular formula is C14H18BrN3O2. The summed E-state index contributed by atoms with van der Waals surface area (Å²) in [6.45, 7) is 1.96. The molecule has 1 aromatic rings. The predicted octanol–water partition coefficient (Wildman–Crippen LogP) is 3.00. The van der Waals surface area contributed by atoms with Gasteiger partial charge in [0.25, 0.3) is 0 Å². The minimum Gasteiger partial charge on any atom is -0.409 e. The molecule has 0 atom stereocenters. The maximum atomic E-state index is 12.6. The van der Waals surface area contributed by atoms with Crippen LogP contribution in [0.5, 0.6) is 0 Å². The summed E-state index contributed by atoms with van der Waals surface area (Å²) in [7, 11) is 0. The summed E-state index contributed by atoms with van der Waals surface area (Å²) in [5.74, 6) is -0.215. The van der Waals surface area contributed by atoms with Gasteiger partial charge in [-0.25, -0.2) is 0 Å². The number of hydrogen-bond donors (Lipinski definition) is 3. The van der Waals surface area contributed by atoms with Crippen LogP contribution in [-0.2, 0) is 4.79 Å². The Hall–Kier alpha value is -1.56. The average molecular weight is 340 g/mol. The van der Waals surface area contributed by atoms with Crippen molar-refractivity contribution in [1.29, 1.82) is 0 Å². The fraction of sp³-hybridized carbons (Fsp3) is 0.429. The first kappa shape index (κ1) is 14.8. The van der Waals surface area contributed by atoms with Gasteiger partial charge in [0, 0.05) is 4.47 Å². The first-order valence-corrected chi connectivity index (χ1v) is 7.34. The molecule has 0 unspecified atom stereocenters. The van der Waals surface area contributed by atoms with Crippen molar-refractivity contribution in [3.05, 3.63) is 28.2 Å². The van der Waals surface area contributed by atoms with Gasteiger partial charge >= 0.3 is 0 Å². The van der Waals surface area contributed by atoms with Gasteiger partial charge in [-0.05, 0) is 53.4 Å². The Labute approximate surface area is 126 Å². The number of carbonyl (C=O) groups is 1. The Morgan fingerprint density at radius 2 is 2.10 bits per heavy atom. The van der Waals surface area contributed by atoms with E-state index in [1.165, 1.54) is 0 Å². The van der Waals surface area contributed by atoms with E-state index in [4.69, 9.17) is 10.9 Å². The lowest BCUT2D eigenvalue weighted by Crippen LogP contribution is -2.45. The van der Waals surface area contributed by atoms with Crippen LogP contribution in [0.25, 0.3) is 0 Å². The number of nitrogens with one attached hydrogen (secondary N) is 1. The second-order valence-electron chi connectivity index (χ2n) is 5.21. The lowest BCUT2D eigenvalue weighted by molar-refractivity contribution is -0.122. The molecule has 0 saturated heterocycles. The summed E-state index contributed by atoms with van der Waals surface area (Å²) in [6.07, 6.45) is 3.02. The molecule has 0 aromatic heterocycles. The Balaban J connectivity index is 2.28. The zero-order valence-corrected chi connectivity index (χ0v) is 12.9. The molecule has 108 valence electrons. The van der Waals surface area contributed by atoms with Gasteiger partial charge in [0.1, 0.15) is 5.41 Å². The number of nitrogens with two attached hydrogens (primary N) is 1. The molecule has 0 radical (unpaired) electrons. The summed E-state index contributed by atoms with van der Waals surface area (Å²) < 4.78 is 0.809. The minimum absolute atomic E-state index is 0.00345. The Morgan fingerprint density at radius 3 is 2.70 bits per heavy atom. The number of aryl methyl sites for hydroxylation is 1. The molecule has 2 rings (SSSR count). The van der Waals surface area contributed by atoms with Gasteiger partial charge in [-0.15, -0.1) is 0 Å². The van der Waals surface area contributed by atoms with E-state index < -0.39 is 5.41 Å². The molecule has 6 heteroatoms. The number of halogens is 1. The molecule has 0 heterocycles. The summed E-state index contributed by atoms with van der Waals surface area (Å²) in [4.78, 5) is 12.6. The van der Waals surface area contributed by atoms with Crippen LogP contribution in [0.3, 0.4) is 0 Å². The number of anilines is 1. The van der Waals surface area contributed by atoms with E-state index >= 15 is 0 Å². The van der Waals surface area contributed by atoms with Crippen LogP contribution in [0.15, 0.2) is 27.8 Å². The van der Waals surface area contributed by atoms with Gasteiger partial charge in [-0.3, -0.25) is 4.79 Å². The van der Waals surface area contributed by atoms with E-state index in [2.05, 4.69) is 26.4 Å². The third kappa shape index (κ3) is 2.65. The van der Waals surface area contributed by atoms with Crippen molar-refractivity contribution in [1.82, 2.24) is 0 Å². The van der Waals surface area contributed by atoms with E-state index in [1.54, 1.807) is 0 Å². The van der Waals surface area contributed by atoms with Gasteiger partial charge in [0.05, 0.1) is 5.69 Å². The molecule has 1 fully saturated rings. The van der Waals surface area contributed by atoms with E-state index in [-0.39, 0.29) is 11.7 Å². The van der Waals surface area contributed by atoms with E-state index in [0.717, 1.165) is 22.9 Å². The summed E-state index contributed by atoms with van der Waals surface area (Å²) in [6, 6.07) is 5.72. The Kier molecular flexibility index (Phi) is 4.32. The van der Waals surface area contributed by atoms with Gasteiger partial charge in [0.15, 0.2) is 5.84 Å². The Morgan fingerprint density at radius 1 is 1.45 bits per heavy atom. The quantitative estimate of drug-likeness (QED) is 0.342. The monoisotopic (exact) mass is 339 g/mol.